The van der Waals surface area contributed by atoms with Gasteiger partial charge in [0.15, 0.2) is 0 Å². The number of alkyl halides is 3. The average molecular weight is 305 g/mol. The predicted octanol–water partition coefficient (Wildman–Crippen LogP) is 5.59. The summed E-state index contributed by atoms with van der Waals surface area (Å²) < 4.78 is 38.9. The van der Waals surface area contributed by atoms with E-state index in [2.05, 4.69) is 17.1 Å². The van der Waals surface area contributed by atoms with Crippen molar-refractivity contribution >= 4 is 11.4 Å². The van der Waals surface area contributed by atoms with Gasteiger partial charge in [-0.15, -0.1) is 0 Å². The van der Waals surface area contributed by atoms with E-state index < -0.39 is 17.2 Å². The van der Waals surface area contributed by atoms with Crippen LogP contribution in [0.3, 0.4) is 0 Å². The quantitative estimate of drug-likeness (QED) is 0.690. The monoisotopic (exact) mass is 305 g/mol. The first-order chi connectivity index (χ1) is 10.3. The summed E-state index contributed by atoms with van der Waals surface area (Å²) in [5.74, 6) is 0.375. The van der Waals surface area contributed by atoms with Crippen LogP contribution in [0.5, 0.6) is 0 Å². The van der Waals surface area contributed by atoms with E-state index in [0.717, 1.165) is 24.6 Å². The lowest BCUT2D eigenvalue weighted by molar-refractivity contribution is -0.137. The molecule has 0 aromatic heterocycles. The lowest BCUT2D eigenvalue weighted by Gasteiger charge is -2.27. The van der Waals surface area contributed by atoms with Gasteiger partial charge >= 0.3 is 6.18 Å². The first-order valence-corrected chi connectivity index (χ1v) is 7.43. The maximum absolute atomic E-state index is 13.0. The second-order valence-electron chi connectivity index (χ2n) is 6.23. The molecular weight excluding hydrogens is 287 g/mol. The summed E-state index contributed by atoms with van der Waals surface area (Å²) in [7, 11) is 0. The van der Waals surface area contributed by atoms with E-state index in [-0.39, 0.29) is 0 Å². The minimum Gasteiger partial charge on any atom is -0.257 e. The lowest BCUT2D eigenvalue weighted by Crippen LogP contribution is -2.28. The highest BCUT2D eigenvalue weighted by Crippen LogP contribution is 2.46. The molecule has 1 aromatic carbocycles. The number of hydrogen-bond acceptors (Lipinski definition) is 1. The van der Waals surface area contributed by atoms with Crippen molar-refractivity contribution in [1.82, 2.24) is 0 Å². The highest BCUT2D eigenvalue weighted by Gasteiger charge is 2.39. The van der Waals surface area contributed by atoms with Gasteiger partial charge in [0.05, 0.1) is 11.3 Å². The fourth-order valence-corrected chi connectivity index (χ4v) is 3.19. The minimum atomic E-state index is -4.32. The van der Waals surface area contributed by atoms with Gasteiger partial charge < -0.3 is 0 Å². The number of nitrogens with zero attached hydrogens (tertiary/aromatic N) is 1. The second kappa shape index (κ2) is 5.11. The Balaban J connectivity index is 1.91. The number of rotatable bonds is 3. The van der Waals surface area contributed by atoms with Crippen molar-refractivity contribution in [3.8, 4) is 0 Å². The van der Waals surface area contributed by atoms with E-state index in [9.17, 15) is 13.2 Å². The summed E-state index contributed by atoms with van der Waals surface area (Å²) in [6.45, 7) is 3.91. The molecule has 0 N–H and O–H groups in total. The summed E-state index contributed by atoms with van der Waals surface area (Å²) in [5.41, 5.74) is 1.26. The third-order valence-corrected chi connectivity index (χ3v) is 4.81. The van der Waals surface area contributed by atoms with E-state index >= 15 is 0 Å². The van der Waals surface area contributed by atoms with Crippen molar-refractivity contribution in [3.05, 3.63) is 53.6 Å². The van der Waals surface area contributed by atoms with Crippen molar-refractivity contribution in [2.24, 2.45) is 10.9 Å². The Morgan fingerprint density at radius 1 is 1.18 bits per heavy atom. The lowest BCUT2D eigenvalue weighted by atomic mass is 9.74. The van der Waals surface area contributed by atoms with Crippen LogP contribution in [-0.4, -0.2) is 5.71 Å². The Hall–Kier alpha value is -1.84. The number of halogens is 3. The van der Waals surface area contributed by atoms with Gasteiger partial charge in [-0.25, -0.2) is 0 Å². The third kappa shape index (κ3) is 2.51. The van der Waals surface area contributed by atoms with Gasteiger partial charge in [0.2, 0.25) is 0 Å². The van der Waals surface area contributed by atoms with Crippen LogP contribution in [0.4, 0.5) is 18.9 Å². The molecule has 0 amide bonds. The van der Waals surface area contributed by atoms with Crippen molar-refractivity contribution < 1.29 is 13.2 Å². The summed E-state index contributed by atoms with van der Waals surface area (Å²) in [6, 6.07) is 3.88. The zero-order valence-electron chi connectivity index (χ0n) is 12.6. The smallest absolute Gasteiger partial charge is 0.257 e. The van der Waals surface area contributed by atoms with Crippen molar-refractivity contribution in [3.63, 3.8) is 0 Å². The number of benzene rings is 1. The topological polar surface area (TPSA) is 12.4 Å². The van der Waals surface area contributed by atoms with E-state index in [0.29, 0.717) is 17.2 Å². The van der Waals surface area contributed by atoms with Crippen molar-refractivity contribution in [2.75, 3.05) is 0 Å². The maximum Gasteiger partial charge on any atom is 0.416 e. The molecule has 116 valence electrons. The summed E-state index contributed by atoms with van der Waals surface area (Å²) in [6.07, 6.45) is 5.65. The van der Waals surface area contributed by atoms with Crippen LogP contribution in [0, 0.1) is 5.92 Å². The third-order valence-electron chi connectivity index (χ3n) is 4.81. The molecule has 22 heavy (non-hydrogen) atoms. The molecule has 1 nitrogen and oxygen atoms in total. The van der Waals surface area contributed by atoms with Gasteiger partial charge in [-0.2, -0.15) is 13.2 Å². The van der Waals surface area contributed by atoms with Crippen LogP contribution in [0.15, 0.2) is 47.5 Å². The van der Waals surface area contributed by atoms with Gasteiger partial charge in [0.25, 0.3) is 0 Å². The van der Waals surface area contributed by atoms with Gasteiger partial charge in [-0.05, 0) is 49.4 Å². The van der Waals surface area contributed by atoms with Gasteiger partial charge in [0, 0.05) is 11.1 Å². The maximum atomic E-state index is 13.0. The van der Waals surface area contributed by atoms with Crippen LogP contribution >= 0.6 is 0 Å². The summed E-state index contributed by atoms with van der Waals surface area (Å²) in [5, 5.41) is 0. The normalized spacial score (nSPS) is 24.0. The van der Waals surface area contributed by atoms with Crippen LogP contribution in [0.1, 0.15) is 37.8 Å². The number of allylic oxidation sites excluding steroid dienone is 4. The van der Waals surface area contributed by atoms with Crippen LogP contribution < -0.4 is 0 Å². The Morgan fingerprint density at radius 3 is 2.50 bits per heavy atom. The number of fused-ring (bicyclic) bond motifs is 1. The number of aliphatic imine (C=N–C) groups is 1. The van der Waals surface area contributed by atoms with Gasteiger partial charge in [-0.3, -0.25) is 4.99 Å². The predicted molar refractivity (Wildman–Crippen MR) is 82.6 cm³/mol. The Bertz CT molecular complexity index is 670. The molecule has 3 rings (SSSR count). The van der Waals surface area contributed by atoms with E-state index in [4.69, 9.17) is 0 Å². The SMILES string of the molecule is CC1=Nc2ccc(C(F)(F)F)cc2C1(C)CCC1C=CC=C1. The molecular formula is C18H18F3N. The second-order valence-corrected chi connectivity index (χ2v) is 6.23. The standard InChI is InChI=1S/C18H18F3N/c1-12-17(2,10-9-13-5-3-4-6-13)15-11-14(18(19,20)21)7-8-16(15)22-12/h3-8,11,13H,9-10H2,1-2H3. The van der Waals surface area contributed by atoms with Crippen LogP contribution in [0.2, 0.25) is 0 Å². The molecule has 1 aliphatic carbocycles. The first kappa shape index (κ1) is 15.1. The molecule has 1 atom stereocenters. The molecule has 1 aromatic rings. The van der Waals surface area contributed by atoms with E-state index in [1.807, 2.05) is 26.0 Å². The molecule has 0 radical (unpaired) electrons. The fourth-order valence-electron chi connectivity index (χ4n) is 3.19. The Labute approximate surface area is 128 Å². The van der Waals surface area contributed by atoms with Gasteiger partial charge in [0.1, 0.15) is 0 Å². The Kier molecular flexibility index (Phi) is 3.50. The molecule has 2 aliphatic rings. The molecule has 0 spiro atoms. The summed E-state index contributed by atoms with van der Waals surface area (Å²) in [4.78, 5) is 4.49. The van der Waals surface area contributed by atoms with Crippen LogP contribution in [0.25, 0.3) is 0 Å². The number of hydrogen-bond donors (Lipinski definition) is 0. The Morgan fingerprint density at radius 2 is 1.86 bits per heavy atom. The highest BCUT2D eigenvalue weighted by molar-refractivity contribution is 5.99. The van der Waals surface area contributed by atoms with Crippen molar-refractivity contribution in [1.29, 1.82) is 0 Å². The molecule has 1 unspecified atom stereocenters. The molecule has 0 fully saturated rings. The molecule has 0 saturated carbocycles. The summed E-state index contributed by atoms with van der Waals surface area (Å²) >= 11 is 0. The molecule has 0 saturated heterocycles. The highest BCUT2D eigenvalue weighted by atomic mass is 19.4. The van der Waals surface area contributed by atoms with Crippen molar-refractivity contribution in [2.45, 2.75) is 38.3 Å². The van der Waals surface area contributed by atoms with E-state index in [1.165, 1.54) is 12.1 Å². The largest absolute Gasteiger partial charge is 0.416 e. The van der Waals surface area contributed by atoms with E-state index in [1.54, 1.807) is 0 Å². The fraction of sp³-hybridized carbons (Fsp3) is 0.389. The molecule has 0 bridgehead atoms. The molecule has 1 aliphatic heterocycles. The zero-order chi connectivity index (χ0) is 16.0. The molecule has 1 heterocycles. The zero-order valence-corrected chi connectivity index (χ0v) is 12.6. The average Bonchev–Trinajstić information content (AvgIpc) is 3.04. The first-order valence-electron chi connectivity index (χ1n) is 7.43. The molecule has 4 heteroatoms. The van der Waals surface area contributed by atoms with Crippen LogP contribution in [-0.2, 0) is 11.6 Å². The van der Waals surface area contributed by atoms with Gasteiger partial charge in [-0.1, -0.05) is 31.2 Å². The minimum absolute atomic E-state index is 0.375.